The number of nitrogens with zero attached hydrogens (tertiary/aromatic N) is 3. The second kappa shape index (κ2) is 3.89. The third-order valence-electron chi connectivity index (χ3n) is 3.47. The van der Waals surface area contributed by atoms with E-state index in [9.17, 15) is 0 Å². The monoisotopic (exact) mass is 219 g/mol. The largest absolute Gasteiger partial charge is 0.339 e. The Kier molecular flexibility index (Phi) is 2.71. The smallest absolute Gasteiger partial charge is 0.231 e. The van der Waals surface area contributed by atoms with E-state index in [2.05, 4.69) is 37.0 Å². The molecule has 0 aliphatic heterocycles. The first-order valence-electron chi connectivity index (χ1n) is 5.83. The lowest BCUT2D eigenvalue weighted by molar-refractivity contribution is 0.362. The summed E-state index contributed by atoms with van der Waals surface area (Å²) >= 11 is 0. The van der Waals surface area contributed by atoms with Gasteiger partial charge in [-0.1, -0.05) is 32.3 Å². The summed E-state index contributed by atoms with van der Waals surface area (Å²) in [4.78, 5) is 4.37. The van der Waals surface area contributed by atoms with Gasteiger partial charge >= 0.3 is 0 Å². The van der Waals surface area contributed by atoms with Gasteiger partial charge < -0.3 is 4.52 Å². The van der Waals surface area contributed by atoms with E-state index < -0.39 is 0 Å². The molecule has 1 aromatic rings. The van der Waals surface area contributed by atoms with Crippen molar-refractivity contribution in [3.05, 3.63) is 11.7 Å². The number of aryl methyl sites for hydroxylation is 1. The molecule has 1 aromatic heterocycles. The Hall–Kier alpha value is -1.37. The summed E-state index contributed by atoms with van der Waals surface area (Å²) < 4.78 is 5.24. The number of nitriles is 1. The molecule has 0 spiro atoms. The van der Waals surface area contributed by atoms with Gasteiger partial charge in [-0.3, -0.25) is 0 Å². The van der Waals surface area contributed by atoms with Gasteiger partial charge in [-0.2, -0.15) is 10.2 Å². The van der Waals surface area contributed by atoms with E-state index in [1.54, 1.807) is 0 Å². The topological polar surface area (TPSA) is 62.7 Å². The molecular weight excluding hydrogens is 202 g/mol. The van der Waals surface area contributed by atoms with Gasteiger partial charge in [0.2, 0.25) is 5.89 Å². The van der Waals surface area contributed by atoms with Crippen molar-refractivity contribution >= 4 is 0 Å². The van der Waals surface area contributed by atoms with Crippen molar-refractivity contribution in [2.45, 2.75) is 46.0 Å². The molecule has 2 rings (SSSR count). The van der Waals surface area contributed by atoms with Crippen LogP contribution < -0.4 is 0 Å². The minimum atomic E-state index is -0.0106. The molecule has 1 heterocycles. The predicted molar refractivity (Wildman–Crippen MR) is 58.5 cm³/mol. The zero-order valence-electron chi connectivity index (χ0n) is 10.0. The standard InChI is InChI=1S/C12H17N3O/c1-4-5-6-9-14-11(16-15-9)10-8(7-13)12(10,2)3/h8,10H,4-6H2,1-3H3. The van der Waals surface area contributed by atoms with Gasteiger partial charge in [-0.25, -0.2) is 0 Å². The van der Waals surface area contributed by atoms with Gasteiger partial charge in [-0.15, -0.1) is 0 Å². The molecule has 0 saturated heterocycles. The lowest BCUT2D eigenvalue weighted by atomic mass is 10.1. The molecule has 4 nitrogen and oxygen atoms in total. The summed E-state index contributed by atoms with van der Waals surface area (Å²) in [7, 11) is 0. The van der Waals surface area contributed by atoms with E-state index in [1.807, 2.05) is 0 Å². The molecule has 86 valence electrons. The van der Waals surface area contributed by atoms with Crippen LogP contribution in [0.25, 0.3) is 0 Å². The summed E-state index contributed by atoms with van der Waals surface area (Å²) in [6, 6.07) is 2.30. The maximum Gasteiger partial charge on any atom is 0.231 e. The Morgan fingerprint density at radius 3 is 2.81 bits per heavy atom. The van der Waals surface area contributed by atoms with Gasteiger partial charge in [0, 0.05) is 6.42 Å². The second-order valence-corrected chi connectivity index (χ2v) is 5.06. The molecule has 1 aliphatic rings. The molecule has 4 heteroatoms. The Balaban J connectivity index is 2.07. The molecule has 0 aromatic carbocycles. The highest BCUT2D eigenvalue weighted by molar-refractivity contribution is 5.26. The molecule has 0 N–H and O–H groups in total. The van der Waals surface area contributed by atoms with Crippen molar-refractivity contribution < 1.29 is 4.52 Å². The van der Waals surface area contributed by atoms with Gasteiger partial charge in [0.25, 0.3) is 0 Å². The molecule has 16 heavy (non-hydrogen) atoms. The average Bonchev–Trinajstić information content (AvgIpc) is 2.63. The van der Waals surface area contributed by atoms with E-state index in [-0.39, 0.29) is 17.3 Å². The summed E-state index contributed by atoms with van der Waals surface area (Å²) in [5.41, 5.74) is -0.0106. The van der Waals surface area contributed by atoms with Crippen molar-refractivity contribution in [2.24, 2.45) is 11.3 Å². The van der Waals surface area contributed by atoms with Crippen LogP contribution in [0.2, 0.25) is 0 Å². The van der Waals surface area contributed by atoms with Crippen LogP contribution in [-0.2, 0) is 6.42 Å². The highest BCUT2D eigenvalue weighted by atomic mass is 16.5. The zero-order valence-corrected chi connectivity index (χ0v) is 10.0. The van der Waals surface area contributed by atoms with Gasteiger partial charge in [0.05, 0.1) is 17.9 Å². The lowest BCUT2D eigenvalue weighted by Crippen LogP contribution is -1.91. The normalized spacial score (nSPS) is 26.4. The Bertz CT molecular complexity index is 416. The van der Waals surface area contributed by atoms with Crippen molar-refractivity contribution in [1.82, 2.24) is 10.1 Å². The first kappa shape index (κ1) is 11.1. The van der Waals surface area contributed by atoms with Crippen LogP contribution in [0.1, 0.15) is 51.2 Å². The Morgan fingerprint density at radius 1 is 1.50 bits per heavy atom. The summed E-state index contributed by atoms with van der Waals surface area (Å²) in [5.74, 6) is 1.56. The van der Waals surface area contributed by atoms with Crippen molar-refractivity contribution in [2.75, 3.05) is 0 Å². The van der Waals surface area contributed by atoms with Crippen molar-refractivity contribution in [1.29, 1.82) is 5.26 Å². The number of hydrogen-bond acceptors (Lipinski definition) is 4. The fourth-order valence-corrected chi connectivity index (χ4v) is 2.17. The van der Waals surface area contributed by atoms with E-state index in [4.69, 9.17) is 9.78 Å². The maximum atomic E-state index is 8.98. The first-order valence-corrected chi connectivity index (χ1v) is 5.83. The van der Waals surface area contributed by atoms with Crippen LogP contribution in [0.15, 0.2) is 4.52 Å². The van der Waals surface area contributed by atoms with Crippen LogP contribution in [0.3, 0.4) is 0 Å². The molecule has 0 bridgehead atoms. The second-order valence-electron chi connectivity index (χ2n) is 5.06. The van der Waals surface area contributed by atoms with E-state index in [0.717, 1.165) is 25.1 Å². The van der Waals surface area contributed by atoms with Crippen LogP contribution in [0, 0.1) is 22.7 Å². The Labute approximate surface area is 95.7 Å². The Morgan fingerprint density at radius 2 is 2.25 bits per heavy atom. The number of hydrogen-bond donors (Lipinski definition) is 0. The number of aromatic nitrogens is 2. The van der Waals surface area contributed by atoms with Gasteiger partial charge in [-0.05, 0) is 11.8 Å². The fraction of sp³-hybridized carbons (Fsp3) is 0.750. The molecular formula is C12H17N3O. The van der Waals surface area contributed by atoms with Crippen LogP contribution in [0.4, 0.5) is 0 Å². The third kappa shape index (κ3) is 1.71. The minimum Gasteiger partial charge on any atom is -0.339 e. The van der Waals surface area contributed by atoms with Crippen LogP contribution in [0.5, 0.6) is 0 Å². The third-order valence-corrected chi connectivity index (χ3v) is 3.47. The molecule has 0 radical (unpaired) electrons. The molecule has 2 atom stereocenters. The van der Waals surface area contributed by atoms with Crippen molar-refractivity contribution in [3.63, 3.8) is 0 Å². The highest BCUT2D eigenvalue weighted by Gasteiger charge is 2.62. The summed E-state index contributed by atoms with van der Waals surface area (Å²) in [6.45, 7) is 6.28. The van der Waals surface area contributed by atoms with Gasteiger partial charge in [0.1, 0.15) is 0 Å². The first-order chi connectivity index (χ1) is 7.61. The molecule has 2 unspecified atom stereocenters. The number of rotatable bonds is 4. The van der Waals surface area contributed by atoms with E-state index in [0.29, 0.717) is 5.89 Å². The molecule has 0 amide bonds. The summed E-state index contributed by atoms with van der Waals surface area (Å²) in [5, 5.41) is 12.9. The zero-order chi connectivity index (χ0) is 11.8. The number of unbranched alkanes of at least 4 members (excludes halogenated alkanes) is 1. The van der Waals surface area contributed by atoms with E-state index >= 15 is 0 Å². The minimum absolute atomic E-state index is 0.0106. The SMILES string of the molecule is CCCCc1noc(C2C(C#N)C2(C)C)n1. The predicted octanol–water partition coefficient (Wildman–Crippen LogP) is 2.68. The quantitative estimate of drug-likeness (QED) is 0.781. The fourth-order valence-electron chi connectivity index (χ4n) is 2.17. The van der Waals surface area contributed by atoms with Crippen LogP contribution in [-0.4, -0.2) is 10.1 Å². The van der Waals surface area contributed by atoms with Crippen LogP contribution >= 0.6 is 0 Å². The highest BCUT2D eigenvalue weighted by Crippen LogP contribution is 2.63. The maximum absolute atomic E-state index is 8.98. The van der Waals surface area contributed by atoms with Crippen molar-refractivity contribution in [3.8, 4) is 6.07 Å². The summed E-state index contributed by atoms with van der Waals surface area (Å²) in [6.07, 6.45) is 3.07. The molecule has 1 fully saturated rings. The lowest BCUT2D eigenvalue weighted by Gasteiger charge is -1.95. The van der Waals surface area contributed by atoms with E-state index in [1.165, 1.54) is 0 Å². The molecule has 1 saturated carbocycles. The average molecular weight is 219 g/mol. The molecule has 1 aliphatic carbocycles. The van der Waals surface area contributed by atoms with Gasteiger partial charge in [0.15, 0.2) is 5.82 Å².